The molecule has 5 aromatic rings. The fourth-order valence-corrected chi connectivity index (χ4v) is 4.92. The van der Waals surface area contributed by atoms with Gasteiger partial charge in [0.25, 0.3) is 5.91 Å². The van der Waals surface area contributed by atoms with Crippen LogP contribution in [0.1, 0.15) is 38.7 Å². The van der Waals surface area contributed by atoms with E-state index in [1.807, 2.05) is 72.8 Å². The van der Waals surface area contributed by atoms with Gasteiger partial charge in [-0.2, -0.15) is 0 Å². The molecule has 1 aromatic heterocycles. The fourth-order valence-electron chi connectivity index (χ4n) is 4.92. The molecule has 0 unspecified atom stereocenters. The van der Waals surface area contributed by atoms with Crippen LogP contribution in [0.5, 0.6) is 5.75 Å². The van der Waals surface area contributed by atoms with E-state index in [2.05, 4.69) is 4.98 Å². The smallest absolute Gasteiger partial charge is 0.258 e. The third kappa shape index (κ3) is 4.16. The van der Waals surface area contributed by atoms with Gasteiger partial charge in [-0.25, -0.2) is 4.39 Å². The highest BCUT2D eigenvalue weighted by atomic mass is 19.1. The lowest BCUT2D eigenvalue weighted by atomic mass is 9.99. The van der Waals surface area contributed by atoms with Crippen LogP contribution in [0, 0.1) is 5.82 Å². The minimum Gasteiger partial charge on any atom is -0.478 e. The number of fused-ring (bicyclic) bond motifs is 2. The van der Waals surface area contributed by atoms with Crippen molar-refractivity contribution in [3.8, 4) is 5.75 Å². The topological polar surface area (TPSA) is 68.5 Å². The van der Waals surface area contributed by atoms with Gasteiger partial charge in [0.15, 0.2) is 5.75 Å². The molecule has 0 fully saturated rings. The molecule has 6 rings (SSSR count). The van der Waals surface area contributed by atoms with Gasteiger partial charge in [-0.3, -0.25) is 9.78 Å². The summed E-state index contributed by atoms with van der Waals surface area (Å²) in [6.07, 6.45) is 1.22. The molecule has 1 aliphatic rings. The Labute approximate surface area is 213 Å². The number of hydrogen-bond donors (Lipinski definition) is 1. The van der Waals surface area contributed by atoms with Crippen LogP contribution in [0.15, 0.2) is 103 Å². The standard InChI is InChI=1S/C31H24FN3O2/c32-23-15-13-20(14-16-23)18-35-19-25-26(31(35)36)30(28-24(27(25)33)12-7-17-34-28)37-29(21-8-3-1-4-9-21)22-10-5-2-6-11-22/h1-17,29H,18-19,33H2. The van der Waals surface area contributed by atoms with Gasteiger partial charge >= 0.3 is 0 Å². The van der Waals surface area contributed by atoms with Crippen molar-refractivity contribution >= 4 is 22.5 Å². The summed E-state index contributed by atoms with van der Waals surface area (Å²) in [5, 5.41) is 0.743. The Hall–Kier alpha value is -4.71. The number of nitrogen functional groups attached to an aromatic ring is 1. The number of nitrogens with two attached hydrogens (primary N) is 1. The van der Waals surface area contributed by atoms with E-state index in [9.17, 15) is 9.18 Å². The Morgan fingerprint density at radius 3 is 2.19 bits per heavy atom. The van der Waals surface area contributed by atoms with Crippen molar-refractivity contribution in [1.82, 2.24) is 9.88 Å². The maximum atomic E-state index is 13.8. The van der Waals surface area contributed by atoms with Gasteiger partial charge in [0, 0.05) is 35.9 Å². The first kappa shape index (κ1) is 22.7. The average molecular weight is 490 g/mol. The Balaban J connectivity index is 1.48. The lowest BCUT2D eigenvalue weighted by Crippen LogP contribution is -2.23. The molecule has 2 N–H and O–H groups in total. The molecular formula is C31H24FN3O2. The molecule has 1 aliphatic heterocycles. The first-order chi connectivity index (χ1) is 18.1. The molecule has 0 saturated carbocycles. The zero-order valence-corrected chi connectivity index (χ0v) is 20.0. The molecular weight excluding hydrogens is 465 g/mol. The monoisotopic (exact) mass is 489 g/mol. The van der Waals surface area contributed by atoms with Crippen molar-refractivity contribution in [3.05, 3.63) is 137 Å². The van der Waals surface area contributed by atoms with E-state index in [4.69, 9.17) is 10.5 Å². The largest absolute Gasteiger partial charge is 0.478 e. The van der Waals surface area contributed by atoms with Crippen molar-refractivity contribution < 1.29 is 13.9 Å². The highest BCUT2D eigenvalue weighted by Crippen LogP contribution is 2.44. The Morgan fingerprint density at radius 1 is 0.892 bits per heavy atom. The number of pyridine rings is 1. The highest BCUT2D eigenvalue weighted by molar-refractivity contribution is 6.10. The molecule has 5 nitrogen and oxygen atoms in total. The summed E-state index contributed by atoms with van der Waals surface area (Å²) in [5.74, 6) is -0.0810. The third-order valence-corrected chi connectivity index (χ3v) is 6.74. The van der Waals surface area contributed by atoms with E-state index >= 15 is 0 Å². The summed E-state index contributed by atoms with van der Waals surface area (Å²) in [6, 6.07) is 29.7. The van der Waals surface area contributed by atoms with E-state index in [0.29, 0.717) is 35.6 Å². The summed E-state index contributed by atoms with van der Waals surface area (Å²) >= 11 is 0. The van der Waals surface area contributed by atoms with Gasteiger partial charge in [0.1, 0.15) is 17.4 Å². The SMILES string of the molecule is Nc1c2c(c(OC(c3ccccc3)c3ccccc3)c3ncccc13)C(=O)N(Cc1ccc(F)cc1)C2. The molecule has 0 saturated heterocycles. The summed E-state index contributed by atoms with van der Waals surface area (Å²) in [7, 11) is 0. The van der Waals surface area contributed by atoms with E-state index in [1.54, 1.807) is 23.2 Å². The number of rotatable bonds is 6. The number of benzene rings is 4. The minimum atomic E-state index is -0.459. The van der Waals surface area contributed by atoms with Crippen LogP contribution < -0.4 is 10.5 Å². The van der Waals surface area contributed by atoms with E-state index in [1.165, 1.54) is 12.1 Å². The van der Waals surface area contributed by atoms with Crippen molar-refractivity contribution in [1.29, 1.82) is 0 Å². The maximum Gasteiger partial charge on any atom is 0.258 e. The van der Waals surface area contributed by atoms with Crippen LogP contribution in [-0.4, -0.2) is 15.8 Å². The quantitative estimate of drug-likeness (QED) is 0.285. The van der Waals surface area contributed by atoms with Crippen molar-refractivity contribution in [2.45, 2.75) is 19.2 Å². The second-order valence-corrected chi connectivity index (χ2v) is 9.10. The van der Waals surface area contributed by atoms with E-state index < -0.39 is 6.10 Å². The van der Waals surface area contributed by atoms with Crippen LogP contribution in [0.4, 0.5) is 10.1 Å². The summed E-state index contributed by atoms with van der Waals surface area (Å²) in [5.41, 5.74) is 11.6. The molecule has 0 bridgehead atoms. The van der Waals surface area contributed by atoms with Gasteiger partial charge < -0.3 is 15.4 Å². The molecule has 0 atom stereocenters. The molecule has 182 valence electrons. The Kier molecular flexibility index (Phi) is 5.77. The molecule has 0 aliphatic carbocycles. The van der Waals surface area contributed by atoms with E-state index in [0.717, 1.165) is 27.6 Å². The van der Waals surface area contributed by atoms with Crippen molar-refractivity contribution in [3.63, 3.8) is 0 Å². The van der Waals surface area contributed by atoms with Gasteiger partial charge in [-0.15, -0.1) is 0 Å². The summed E-state index contributed by atoms with van der Waals surface area (Å²) in [4.78, 5) is 20.1. The zero-order chi connectivity index (χ0) is 25.4. The highest BCUT2D eigenvalue weighted by Gasteiger charge is 2.36. The molecule has 2 heterocycles. The van der Waals surface area contributed by atoms with Gasteiger partial charge in [-0.05, 0) is 41.0 Å². The fraction of sp³-hybridized carbons (Fsp3) is 0.0968. The number of aromatic nitrogens is 1. The number of anilines is 1. The second kappa shape index (κ2) is 9.39. The van der Waals surface area contributed by atoms with Crippen molar-refractivity contribution in [2.24, 2.45) is 0 Å². The first-order valence-electron chi connectivity index (χ1n) is 12.1. The third-order valence-electron chi connectivity index (χ3n) is 6.74. The number of carbonyl (C=O) groups excluding carboxylic acids is 1. The molecule has 0 spiro atoms. The number of amides is 1. The first-order valence-corrected chi connectivity index (χ1v) is 12.1. The van der Waals surface area contributed by atoms with Crippen LogP contribution in [0.2, 0.25) is 0 Å². The number of nitrogens with zero attached hydrogens (tertiary/aromatic N) is 2. The summed E-state index contributed by atoms with van der Waals surface area (Å²) < 4.78 is 20.2. The minimum absolute atomic E-state index is 0.187. The molecule has 4 aromatic carbocycles. The average Bonchev–Trinajstić information content (AvgIpc) is 3.27. The van der Waals surface area contributed by atoms with Crippen LogP contribution in [-0.2, 0) is 13.1 Å². The van der Waals surface area contributed by atoms with Crippen LogP contribution in [0.3, 0.4) is 0 Å². The summed E-state index contributed by atoms with van der Waals surface area (Å²) in [6.45, 7) is 0.664. The second-order valence-electron chi connectivity index (χ2n) is 9.10. The maximum absolute atomic E-state index is 13.8. The number of halogens is 1. The van der Waals surface area contributed by atoms with Crippen LogP contribution in [0.25, 0.3) is 10.9 Å². The number of hydrogen-bond acceptors (Lipinski definition) is 4. The molecule has 37 heavy (non-hydrogen) atoms. The van der Waals surface area contributed by atoms with Gasteiger partial charge in [-0.1, -0.05) is 72.8 Å². The van der Waals surface area contributed by atoms with E-state index in [-0.39, 0.29) is 11.7 Å². The Morgan fingerprint density at radius 2 is 1.54 bits per heavy atom. The normalized spacial score (nSPS) is 12.8. The molecule has 6 heteroatoms. The zero-order valence-electron chi connectivity index (χ0n) is 20.0. The predicted molar refractivity (Wildman–Crippen MR) is 141 cm³/mol. The number of ether oxygens (including phenoxy) is 1. The Bertz CT molecular complexity index is 1550. The number of carbonyl (C=O) groups is 1. The molecule has 1 amide bonds. The lowest BCUT2D eigenvalue weighted by molar-refractivity contribution is 0.0762. The lowest BCUT2D eigenvalue weighted by Gasteiger charge is -2.23. The predicted octanol–water partition coefficient (Wildman–Crippen LogP) is 6.28. The van der Waals surface area contributed by atoms with Crippen molar-refractivity contribution in [2.75, 3.05) is 5.73 Å². The van der Waals surface area contributed by atoms with Gasteiger partial charge in [0.2, 0.25) is 0 Å². The molecule has 0 radical (unpaired) electrons. The van der Waals surface area contributed by atoms with Crippen LogP contribution >= 0.6 is 0 Å². The van der Waals surface area contributed by atoms with Gasteiger partial charge in [0.05, 0.1) is 5.56 Å².